The largest absolute Gasteiger partial charge is 0.380 e. The van der Waals surface area contributed by atoms with Gasteiger partial charge in [0.25, 0.3) is 0 Å². The summed E-state index contributed by atoms with van der Waals surface area (Å²) in [6.07, 6.45) is 5.03. The molecule has 3 nitrogen and oxygen atoms in total. The van der Waals surface area contributed by atoms with Crippen LogP contribution >= 0.6 is 0 Å². The smallest absolute Gasteiger partial charge is 0.0655 e. The highest BCUT2D eigenvalue weighted by Crippen LogP contribution is 1.85. The molecule has 1 heterocycles. The first kappa shape index (κ1) is 9.13. The molecule has 12 heavy (non-hydrogen) atoms. The Balaban J connectivity index is 1.96. The standard InChI is InChI=1S/C9H16N2O/c1-2-8-12-9-5-10-11-6-3-4-7-11/h3-4,6-7,10H,2,5,8-9H2,1H3. The van der Waals surface area contributed by atoms with Crippen LogP contribution in [0.3, 0.4) is 0 Å². The van der Waals surface area contributed by atoms with Gasteiger partial charge in [0.1, 0.15) is 0 Å². The van der Waals surface area contributed by atoms with Crippen molar-refractivity contribution >= 4 is 0 Å². The Hall–Kier alpha value is -0.960. The Morgan fingerprint density at radius 1 is 1.25 bits per heavy atom. The molecule has 0 atom stereocenters. The van der Waals surface area contributed by atoms with Crippen LogP contribution in [0.15, 0.2) is 24.5 Å². The van der Waals surface area contributed by atoms with Crippen LogP contribution in [-0.2, 0) is 4.74 Å². The molecule has 0 bridgehead atoms. The highest BCUT2D eigenvalue weighted by atomic mass is 16.5. The molecule has 1 aromatic heterocycles. The van der Waals surface area contributed by atoms with Crippen LogP contribution in [0.2, 0.25) is 0 Å². The lowest BCUT2D eigenvalue weighted by Gasteiger charge is -2.06. The van der Waals surface area contributed by atoms with Crippen molar-refractivity contribution in [2.75, 3.05) is 25.2 Å². The van der Waals surface area contributed by atoms with Crippen molar-refractivity contribution in [3.8, 4) is 0 Å². The number of nitrogens with one attached hydrogen (secondary N) is 1. The van der Waals surface area contributed by atoms with Gasteiger partial charge in [0.15, 0.2) is 0 Å². The van der Waals surface area contributed by atoms with Gasteiger partial charge in [-0.25, -0.2) is 0 Å². The second-order valence-corrected chi connectivity index (χ2v) is 2.61. The molecule has 1 N–H and O–H groups in total. The highest BCUT2D eigenvalue weighted by Gasteiger charge is 1.86. The summed E-state index contributed by atoms with van der Waals surface area (Å²) in [5.41, 5.74) is 3.18. The van der Waals surface area contributed by atoms with Crippen molar-refractivity contribution in [2.45, 2.75) is 13.3 Å². The Labute approximate surface area is 73.3 Å². The van der Waals surface area contributed by atoms with Gasteiger partial charge in [-0.2, -0.15) is 0 Å². The van der Waals surface area contributed by atoms with Crippen LogP contribution in [0.5, 0.6) is 0 Å². The molecule has 0 aliphatic heterocycles. The summed E-state index contributed by atoms with van der Waals surface area (Å²) in [7, 11) is 0. The first-order valence-corrected chi connectivity index (χ1v) is 4.38. The Morgan fingerprint density at radius 3 is 2.67 bits per heavy atom. The van der Waals surface area contributed by atoms with E-state index in [0.717, 1.165) is 26.2 Å². The second kappa shape index (κ2) is 5.66. The predicted molar refractivity (Wildman–Crippen MR) is 49.8 cm³/mol. The number of aromatic nitrogens is 1. The maximum absolute atomic E-state index is 5.31. The van der Waals surface area contributed by atoms with Crippen LogP contribution < -0.4 is 5.43 Å². The summed E-state index contributed by atoms with van der Waals surface area (Å²) in [5.74, 6) is 0. The zero-order valence-electron chi connectivity index (χ0n) is 7.49. The second-order valence-electron chi connectivity index (χ2n) is 2.61. The monoisotopic (exact) mass is 168 g/mol. The van der Waals surface area contributed by atoms with E-state index >= 15 is 0 Å². The third-order valence-electron chi connectivity index (χ3n) is 1.49. The first-order valence-electron chi connectivity index (χ1n) is 4.38. The van der Waals surface area contributed by atoms with Crippen molar-refractivity contribution in [2.24, 2.45) is 0 Å². The molecule has 0 unspecified atom stereocenters. The molecular weight excluding hydrogens is 152 g/mol. The van der Waals surface area contributed by atoms with E-state index in [9.17, 15) is 0 Å². The third-order valence-corrected chi connectivity index (χ3v) is 1.49. The zero-order chi connectivity index (χ0) is 8.65. The maximum atomic E-state index is 5.31. The van der Waals surface area contributed by atoms with E-state index in [1.807, 2.05) is 29.2 Å². The first-order chi connectivity index (χ1) is 5.93. The van der Waals surface area contributed by atoms with E-state index in [1.165, 1.54) is 0 Å². The van der Waals surface area contributed by atoms with Crippen LogP contribution in [-0.4, -0.2) is 24.4 Å². The molecule has 0 aliphatic rings. The Morgan fingerprint density at radius 2 is 2.00 bits per heavy atom. The Bertz CT molecular complexity index is 184. The fourth-order valence-corrected chi connectivity index (χ4v) is 0.933. The lowest BCUT2D eigenvalue weighted by atomic mass is 10.5. The average molecular weight is 168 g/mol. The minimum Gasteiger partial charge on any atom is -0.380 e. The summed E-state index contributed by atoms with van der Waals surface area (Å²) < 4.78 is 7.23. The summed E-state index contributed by atoms with van der Waals surface area (Å²) in [4.78, 5) is 0. The summed E-state index contributed by atoms with van der Waals surface area (Å²) >= 11 is 0. The van der Waals surface area contributed by atoms with E-state index in [4.69, 9.17) is 4.74 Å². The molecule has 0 fully saturated rings. The molecule has 3 heteroatoms. The molecule has 68 valence electrons. The molecule has 0 saturated heterocycles. The number of ether oxygens (including phenoxy) is 1. The molecule has 1 aromatic rings. The lowest BCUT2D eigenvalue weighted by molar-refractivity contribution is 0.143. The average Bonchev–Trinajstić information content (AvgIpc) is 2.57. The van der Waals surface area contributed by atoms with Crippen LogP contribution in [0.25, 0.3) is 0 Å². The molecule has 0 radical (unpaired) electrons. The molecule has 1 rings (SSSR count). The summed E-state index contributed by atoms with van der Waals surface area (Å²) in [5, 5.41) is 0. The molecule has 0 saturated carbocycles. The topological polar surface area (TPSA) is 26.2 Å². The quantitative estimate of drug-likeness (QED) is 0.651. The number of hydrogen-bond donors (Lipinski definition) is 1. The van der Waals surface area contributed by atoms with Crippen LogP contribution in [0, 0.1) is 0 Å². The third kappa shape index (κ3) is 3.44. The molecule has 0 aliphatic carbocycles. The van der Waals surface area contributed by atoms with E-state index < -0.39 is 0 Å². The van der Waals surface area contributed by atoms with E-state index in [2.05, 4.69) is 12.3 Å². The van der Waals surface area contributed by atoms with Crippen molar-refractivity contribution in [3.05, 3.63) is 24.5 Å². The van der Waals surface area contributed by atoms with Gasteiger partial charge >= 0.3 is 0 Å². The van der Waals surface area contributed by atoms with Crippen molar-refractivity contribution < 1.29 is 4.74 Å². The summed E-state index contributed by atoms with van der Waals surface area (Å²) in [6.45, 7) is 4.59. The van der Waals surface area contributed by atoms with Gasteiger partial charge in [0.2, 0.25) is 0 Å². The van der Waals surface area contributed by atoms with Gasteiger partial charge in [-0.3, -0.25) is 4.68 Å². The molecule has 0 spiro atoms. The van der Waals surface area contributed by atoms with E-state index in [-0.39, 0.29) is 0 Å². The Kier molecular flexibility index (Phi) is 4.31. The summed E-state index contributed by atoms with van der Waals surface area (Å²) in [6, 6.07) is 3.97. The highest BCUT2D eigenvalue weighted by molar-refractivity contribution is 4.92. The van der Waals surface area contributed by atoms with Gasteiger partial charge in [-0.1, -0.05) is 6.92 Å². The maximum Gasteiger partial charge on any atom is 0.0655 e. The minimum absolute atomic E-state index is 0.770. The lowest BCUT2D eigenvalue weighted by Crippen LogP contribution is -2.18. The van der Waals surface area contributed by atoms with Gasteiger partial charge in [0.05, 0.1) is 13.2 Å². The van der Waals surface area contributed by atoms with Gasteiger partial charge in [0, 0.05) is 19.0 Å². The fraction of sp³-hybridized carbons (Fsp3) is 0.556. The predicted octanol–water partition coefficient (Wildman–Crippen LogP) is 1.46. The van der Waals surface area contributed by atoms with Crippen molar-refractivity contribution in [3.63, 3.8) is 0 Å². The zero-order valence-corrected chi connectivity index (χ0v) is 7.49. The van der Waals surface area contributed by atoms with Crippen LogP contribution in [0.4, 0.5) is 0 Å². The van der Waals surface area contributed by atoms with Gasteiger partial charge in [-0.05, 0) is 18.6 Å². The fourth-order valence-electron chi connectivity index (χ4n) is 0.933. The van der Waals surface area contributed by atoms with Gasteiger partial charge < -0.3 is 10.2 Å². The minimum atomic E-state index is 0.770. The SMILES string of the molecule is CCCOCCNn1cccc1. The van der Waals surface area contributed by atoms with Gasteiger partial charge in [-0.15, -0.1) is 0 Å². The normalized spacial score (nSPS) is 10.1. The molecule has 0 amide bonds. The number of rotatable bonds is 6. The van der Waals surface area contributed by atoms with Crippen LogP contribution in [0.1, 0.15) is 13.3 Å². The molecule has 0 aromatic carbocycles. The van der Waals surface area contributed by atoms with E-state index in [0.29, 0.717) is 0 Å². The van der Waals surface area contributed by atoms with Crippen molar-refractivity contribution in [1.82, 2.24) is 4.68 Å². The van der Waals surface area contributed by atoms with Crippen molar-refractivity contribution in [1.29, 1.82) is 0 Å². The van der Waals surface area contributed by atoms with E-state index in [1.54, 1.807) is 0 Å². The molecular formula is C9H16N2O. The number of hydrogen-bond acceptors (Lipinski definition) is 2. The number of nitrogens with zero attached hydrogens (tertiary/aromatic N) is 1.